The molecule has 0 spiro atoms. The van der Waals surface area contributed by atoms with Gasteiger partial charge in [-0.2, -0.15) is 4.31 Å². The molecule has 2 unspecified atom stereocenters. The van der Waals surface area contributed by atoms with Crippen molar-refractivity contribution in [3.63, 3.8) is 0 Å². The van der Waals surface area contributed by atoms with Gasteiger partial charge in [0, 0.05) is 30.2 Å². The van der Waals surface area contributed by atoms with Crippen LogP contribution in [0.5, 0.6) is 0 Å². The number of aromatic amines is 1. The van der Waals surface area contributed by atoms with Gasteiger partial charge in [0.05, 0.1) is 16.4 Å². The second kappa shape index (κ2) is 6.27. The van der Waals surface area contributed by atoms with E-state index >= 15 is 0 Å². The van der Waals surface area contributed by atoms with E-state index in [2.05, 4.69) is 4.98 Å². The zero-order valence-electron chi connectivity index (χ0n) is 14.0. The molecule has 7 nitrogen and oxygen atoms in total. The van der Waals surface area contributed by atoms with Crippen molar-refractivity contribution in [2.45, 2.75) is 25.2 Å². The molecule has 0 saturated carbocycles. The lowest BCUT2D eigenvalue weighted by atomic mass is 9.94. The Morgan fingerprint density at radius 3 is 2.48 bits per heavy atom. The highest BCUT2D eigenvalue weighted by atomic mass is 32.2. The van der Waals surface area contributed by atoms with Crippen LogP contribution in [-0.2, 0) is 10.0 Å². The van der Waals surface area contributed by atoms with Gasteiger partial charge >= 0.3 is 0 Å². The zero-order chi connectivity index (χ0) is 18.4. The number of carboxylic acids is 1. The van der Waals surface area contributed by atoms with Crippen molar-refractivity contribution in [3.8, 4) is 0 Å². The molecule has 0 radical (unpaired) electrons. The van der Waals surface area contributed by atoms with Gasteiger partial charge in [-0.1, -0.05) is 13.8 Å². The Kier molecular flexibility index (Phi) is 4.42. The molecule has 8 heteroatoms. The van der Waals surface area contributed by atoms with Crippen molar-refractivity contribution in [1.29, 1.82) is 0 Å². The third-order valence-corrected chi connectivity index (χ3v) is 6.37. The summed E-state index contributed by atoms with van der Waals surface area (Å²) in [5.41, 5.74) is -0.914. The minimum absolute atomic E-state index is 0.0118. The third-order valence-electron chi connectivity index (χ3n) is 4.55. The monoisotopic (exact) mass is 363 g/mol. The van der Waals surface area contributed by atoms with Crippen LogP contribution in [0.2, 0.25) is 0 Å². The van der Waals surface area contributed by atoms with E-state index in [9.17, 15) is 23.1 Å². The van der Waals surface area contributed by atoms with E-state index in [-0.39, 0.29) is 22.1 Å². The van der Waals surface area contributed by atoms with Crippen molar-refractivity contribution >= 4 is 26.9 Å². The topological polar surface area (TPSA) is 110 Å². The minimum Gasteiger partial charge on any atom is -0.545 e. The maximum absolute atomic E-state index is 12.9. The van der Waals surface area contributed by atoms with Crippen LogP contribution < -0.4 is 10.5 Å². The van der Waals surface area contributed by atoms with Crippen LogP contribution in [0, 0.1) is 11.8 Å². The molecule has 1 saturated heterocycles. The van der Waals surface area contributed by atoms with Crippen molar-refractivity contribution in [2.75, 3.05) is 13.1 Å². The number of carboxylic acid groups (broad SMARTS) is 1. The van der Waals surface area contributed by atoms with Gasteiger partial charge in [-0.25, -0.2) is 8.42 Å². The van der Waals surface area contributed by atoms with Gasteiger partial charge in [0.2, 0.25) is 10.0 Å². The SMILES string of the molecule is CC1CC(C)CN(S(=O)(=O)c2ccc3[nH]cc(C(=O)[O-])c(=O)c3c2)C1. The van der Waals surface area contributed by atoms with Gasteiger partial charge in [-0.15, -0.1) is 0 Å². The van der Waals surface area contributed by atoms with Crippen LogP contribution in [-0.4, -0.2) is 36.8 Å². The molecule has 1 N–H and O–H groups in total. The molecule has 1 aromatic heterocycles. The number of carbonyl (C=O) groups is 1. The molecule has 134 valence electrons. The Morgan fingerprint density at radius 1 is 1.24 bits per heavy atom. The molecule has 1 aromatic carbocycles. The number of benzene rings is 1. The molecular formula is C17H19N2O5S-. The Bertz CT molecular complexity index is 986. The number of hydrogen-bond donors (Lipinski definition) is 1. The summed E-state index contributed by atoms with van der Waals surface area (Å²) < 4.78 is 27.3. The van der Waals surface area contributed by atoms with Crippen LogP contribution in [0.1, 0.15) is 30.6 Å². The average molecular weight is 363 g/mol. The predicted octanol–water partition coefficient (Wildman–Crippen LogP) is 0.558. The summed E-state index contributed by atoms with van der Waals surface area (Å²) in [5, 5.41) is 11.0. The van der Waals surface area contributed by atoms with Crippen molar-refractivity contribution < 1.29 is 18.3 Å². The molecule has 1 aliphatic rings. The van der Waals surface area contributed by atoms with Gasteiger partial charge in [-0.05, 0) is 36.5 Å². The minimum atomic E-state index is -3.75. The normalized spacial score (nSPS) is 22.2. The maximum atomic E-state index is 12.9. The summed E-state index contributed by atoms with van der Waals surface area (Å²) in [7, 11) is -3.75. The molecule has 0 bridgehead atoms. The standard InChI is InChI=1S/C17H20N2O5S/c1-10-5-11(2)9-19(8-10)25(23,24)12-3-4-15-13(6-12)16(20)14(7-18-15)17(21)22/h3-4,6-7,10-11H,5,8-9H2,1-2H3,(H,18,20)(H,21,22)/p-1. The van der Waals surface area contributed by atoms with Crippen LogP contribution >= 0.6 is 0 Å². The fourth-order valence-electron chi connectivity index (χ4n) is 3.46. The Hall–Kier alpha value is -2.19. The van der Waals surface area contributed by atoms with E-state index in [1.165, 1.54) is 22.5 Å². The number of aromatic nitrogens is 1. The van der Waals surface area contributed by atoms with Gasteiger partial charge in [0.1, 0.15) is 0 Å². The van der Waals surface area contributed by atoms with E-state index in [1.54, 1.807) is 0 Å². The molecule has 3 rings (SSSR count). The van der Waals surface area contributed by atoms with Crippen molar-refractivity contribution in [3.05, 3.63) is 40.2 Å². The van der Waals surface area contributed by atoms with Crippen LogP contribution in [0.15, 0.2) is 34.1 Å². The van der Waals surface area contributed by atoms with Crippen LogP contribution in [0.25, 0.3) is 10.9 Å². The molecule has 0 aliphatic carbocycles. The highest BCUT2D eigenvalue weighted by Crippen LogP contribution is 2.27. The Balaban J connectivity index is 2.10. The summed E-state index contributed by atoms with van der Waals surface area (Å²) >= 11 is 0. The first-order chi connectivity index (χ1) is 11.7. The number of pyridine rings is 1. The Morgan fingerprint density at radius 2 is 1.88 bits per heavy atom. The van der Waals surface area contributed by atoms with E-state index < -0.39 is 27.0 Å². The number of sulfonamides is 1. The highest BCUT2D eigenvalue weighted by molar-refractivity contribution is 7.89. The largest absolute Gasteiger partial charge is 0.545 e. The predicted molar refractivity (Wildman–Crippen MR) is 90.6 cm³/mol. The number of piperidine rings is 1. The molecule has 0 amide bonds. The summed E-state index contributed by atoms with van der Waals surface area (Å²) in [4.78, 5) is 26.0. The van der Waals surface area contributed by atoms with E-state index in [4.69, 9.17) is 0 Å². The maximum Gasteiger partial charge on any atom is 0.243 e. The van der Waals surface area contributed by atoms with Crippen molar-refractivity contribution in [1.82, 2.24) is 9.29 Å². The second-order valence-corrected chi connectivity index (χ2v) is 8.73. The summed E-state index contributed by atoms with van der Waals surface area (Å²) in [6, 6.07) is 4.13. The first-order valence-electron chi connectivity index (χ1n) is 8.07. The smallest absolute Gasteiger partial charge is 0.243 e. The van der Waals surface area contributed by atoms with E-state index in [0.717, 1.165) is 12.6 Å². The lowest BCUT2D eigenvalue weighted by Gasteiger charge is -2.34. The molecule has 25 heavy (non-hydrogen) atoms. The molecule has 1 fully saturated rings. The fraction of sp³-hybridized carbons (Fsp3) is 0.412. The number of fused-ring (bicyclic) bond motifs is 1. The molecular weight excluding hydrogens is 344 g/mol. The Labute approximate surface area is 145 Å². The second-order valence-electron chi connectivity index (χ2n) is 6.79. The summed E-state index contributed by atoms with van der Waals surface area (Å²) in [6.45, 7) is 4.88. The number of hydrogen-bond acceptors (Lipinski definition) is 5. The number of nitrogens with one attached hydrogen (secondary N) is 1. The number of H-pyrrole nitrogens is 1. The van der Waals surface area contributed by atoms with Gasteiger partial charge < -0.3 is 14.9 Å². The van der Waals surface area contributed by atoms with Gasteiger partial charge in [0.15, 0.2) is 5.43 Å². The fourth-order valence-corrected chi connectivity index (χ4v) is 5.17. The zero-order valence-corrected chi connectivity index (χ0v) is 14.8. The molecule has 2 atom stereocenters. The quantitative estimate of drug-likeness (QED) is 0.857. The summed E-state index contributed by atoms with van der Waals surface area (Å²) in [6.07, 6.45) is 2.03. The number of carbonyl (C=O) groups excluding carboxylic acids is 1. The molecule has 2 aromatic rings. The third kappa shape index (κ3) is 3.19. The lowest BCUT2D eigenvalue weighted by Crippen LogP contribution is -2.42. The van der Waals surface area contributed by atoms with Crippen LogP contribution in [0.4, 0.5) is 0 Å². The molecule has 1 aliphatic heterocycles. The van der Waals surface area contributed by atoms with E-state index in [0.29, 0.717) is 18.6 Å². The number of nitrogens with zero attached hydrogens (tertiary/aromatic N) is 1. The van der Waals surface area contributed by atoms with Gasteiger partial charge in [-0.3, -0.25) is 4.79 Å². The van der Waals surface area contributed by atoms with Gasteiger partial charge in [0.25, 0.3) is 0 Å². The summed E-state index contributed by atoms with van der Waals surface area (Å²) in [5.74, 6) is -1.09. The number of rotatable bonds is 3. The average Bonchev–Trinajstić information content (AvgIpc) is 2.53. The molecule has 2 heterocycles. The lowest BCUT2D eigenvalue weighted by molar-refractivity contribution is -0.255. The number of aromatic carboxylic acids is 1. The van der Waals surface area contributed by atoms with Crippen LogP contribution in [0.3, 0.4) is 0 Å². The van der Waals surface area contributed by atoms with Crippen molar-refractivity contribution in [2.24, 2.45) is 11.8 Å². The first-order valence-corrected chi connectivity index (χ1v) is 9.51. The van der Waals surface area contributed by atoms with E-state index in [1.807, 2.05) is 13.8 Å². The highest BCUT2D eigenvalue weighted by Gasteiger charge is 2.31. The first kappa shape index (κ1) is 17.6.